The molecule has 2 heteroatoms. The molecule has 0 spiro atoms. The zero-order chi connectivity index (χ0) is 14.8. The summed E-state index contributed by atoms with van der Waals surface area (Å²) in [6, 6.07) is 20.2. The van der Waals surface area contributed by atoms with Crippen LogP contribution in [0.15, 0.2) is 60.0 Å². The van der Waals surface area contributed by atoms with Crippen LogP contribution in [-0.2, 0) is 0 Å². The van der Waals surface area contributed by atoms with Crippen molar-refractivity contribution < 1.29 is 0 Å². The fourth-order valence-corrected chi connectivity index (χ4v) is 6.23. The molecule has 0 saturated heterocycles. The molecule has 0 aliphatic carbocycles. The van der Waals surface area contributed by atoms with Crippen LogP contribution >= 0.6 is 19.3 Å². The Morgan fingerprint density at radius 2 is 1.33 bits per heavy atom. The molecule has 0 aliphatic rings. The lowest BCUT2D eigenvalue weighted by Crippen LogP contribution is -2.21. The number of benzene rings is 2. The number of hydrogen-bond donors (Lipinski definition) is 0. The molecule has 0 unspecified atom stereocenters. The van der Waals surface area contributed by atoms with Crippen LogP contribution in [0.2, 0.25) is 0 Å². The lowest BCUT2D eigenvalue weighted by atomic mass is 10.2. The van der Waals surface area contributed by atoms with E-state index in [4.69, 9.17) is 0 Å². The fourth-order valence-electron chi connectivity index (χ4n) is 2.57. The fraction of sp³-hybridized carbons (Fsp3) is 0.158. The first kappa shape index (κ1) is 14.5. The van der Waals surface area contributed by atoms with Gasteiger partial charge < -0.3 is 0 Å². The Morgan fingerprint density at radius 1 is 0.762 bits per heavy atom. The largest absolute Gasteiger partial charge is 0.149 e. The van der Waals surface area contributed by atoms with Crippen LogP contribution in [0.4, 0.5) is 0 Å². The predicted molar refractivity (Wildman–Crippen MR) is 97.2 cm³/mol. The van der Waals surface area contributed by atoms with Crippen LogP contribution in [0.1, 0.15) is 16.0 Å². The monoisotopic (exact) mass is 310 g/mol. The average Bonchev–Trinajstić information content (AvgIpc) is 2.86. The van der Waals surface area contributed by atoms with E-state index in [-0.39, 0.29) is 0 Å². The average molecular weight is 310 g/mol. The molecule has 0 amide bonds. The Balaban J connectivity index is 2.18. The Hall–Kier alpha value is -1.43. The first-order valence-corrected chi connectivity index (χ1v) is 9.35. The van der Waals surface area contributed by atoms with Crippen LogP contribution in [0, 0.1) is 20.8 Å². The molecule has 0 fully saturated rings. The van der Waals surface area contributed by atoms with Crippen LogP contribution < -0.4 is 15.9 Å². The highest BCUT2D eigenvalue weighted by Gasteiger charge is 2.19. The van der Waals surface area contributed by atoms with Gasteiger partial charge >= 0.3 is 0 Å². The summed E-state index contributed by atoms with van der Waals surface area (Å²) < 4.78 is 0. The summed E-state index contributed by atoms with van der Waals surface area (Å²) in [6.45, 7) is 6.59. The molecule has 1 aromatic heterocycles. The summed E-state index contributed by atoms with van der Waals surface area (Å²) in [5, 5.41) is 6.59. The van der Waals surface area contributed by atoms with Crippen molar-refractivity contribution in [2.24, 2.45) is 0 Å². The zero-order valence-electron chi connectivity index (χ0n) is 12.6. The van der Waals surface area contributed by atoms with E-state index in [0.717, 1.165) is 0 Å². The Bertz CT molecular complexity index is 712. The van der Waals surface area contributed by atoms with E-state index in [0.29, 0.717) is 0 Å². The summed E-state index contributed by atoms with van der Waals surface area (Å²) in [7, 11) is -0.452. The highest BCUT2D eigenvalue weighted by atomic mass is 32.1. The van der Waals surface area contributed by atoms with Crippen molar-refractivity contribution in [1.82, 2.24) is 0 Å². The maximum atomic E-state index is 2.34. The maximum Gasteiger partial charge on any atom is 0.00976 e. The minimum atomic E-state index is -0.452. The molecule has 0 N–H and O–H groups in total. The number of aryl methyl sites for hydroxylation is 3. The van der Waals surface area contributed by atoms with Gasteiger partial charge in [0.25, 0.3) is 0 Å². The molecule has 0 bridgehead atoms. The predicted octanol–water partition coefficient (Wildman–Crippen LogP) is 4.43. The van der Waals surface area contributed by atoms with Gasteiger partial charge in [0.2, 0.25) is 0 Å². The van der Waals surface area contributed by atoms with E-state index in [9.17, 15) is 0 Å². The van der Waals surface area contributed by atoms with Gasteiger partial charge in [0.1, 0.15) is 0 Å². The Labute approximate surface area is 132 Å². The van der Waals surface area contributed by atoms with Crippen molar-refractivity contribution in [3.8, 4) is 0 Å². The summed E-state index contributed by atoms with van der Waals surface area (Å²) in [6.07, 6.45) is 0. The van der Waals surface area contributed by atoms with Gasteiger partial charge in [-0.2, -0.15) is 0 Å². The Morgan fingerprint density at radius 3 is 1.76 bits per heavy atom. The highest BCUT2D eigenvalue weighted by molar-refractivity contribution is 7.80. The first-order valence-electron chi connectivity index (χ1n) is 7.13. The van der Waals surface area contributed by atoms with E-state index in [2.05, 4.69) is 80.7 Å². The lowest BCUT2D eigenvalue weighted by Gasteiger charge is -2.20. The van der Waals surface area contributed by atoms with Gasteiger partial charge in [-0.25, -0.2) is 0 Å². The topological polar surface area (TPSA) is 0 Å². The van der Waals surface area contributed by atoms with Crippen molar-refractivity contribution in [2.75, 3.05) is 0 Å². The van der Waals surface area contributed by atoms with Crippen molar-refractivity contribution in [3.05, 3.63) is 76.0 Å². The minimum absolute atomic E-state index is 0.452. The van der Waals surface area contributed by atoms with Crippen LogP contribution in [0.25, 0.3) is 0 Å². The third-order valence-electron chi connectivity index (χ3n) is 3.59. The summed E-state index contributed by atoms with van der Waals surface area (Å²) in [5.74, 6) is 0. The van der Waals surface area contributed by atoms with E-state index >= 15 is 0 Å². The van der Waals surface area contributed by atoms with E-state index in [1.54, 1.807) is 0 Å². The molecule has 3 rings (SSSR count). The number of thiophene rings is 1. The highest BCUT2D eigenvalue weighted by Crippen LogP contribution is 2.35. The SMILES string of the molecule is Cc1cccc(P(c2cccc(C)c2)c2ccsc2C)c1. The molecule has 0 atom stereocenters. The van der Waals surface area contributed by atoms with Crippen molar-refractivity contribution in [3.63, 3.8) is 0 Å². The third kappa shape index (κ3) is 3.10. The van der Waals surface area contributed by atoms with Gasteiger partial charge in [0.15, 0.2) is 0 Å². The van der Waals surface area contributed by atoms with Gasteiger partial charge in [-0.1, -0.05) is 59.7 Å². The van der Waals surface area contributed by atoms with Gasteiger partial charge in [-0.3, -0.25) is 0 Å². The molecular weight excluding hydrogens is 291 g/mol. The molecule has 0 aliphatic heterocycles. The molecule has 0 radical (unpaired) electrons. The minimum Gasteiger partial charge on any atom is -0.149 e. The molecular formula is C19H19PS. The molecule has 3 aromatic rings. The second-order valence-corrected chi connectivity index (χ2v) is 8.68. The normalized spacial score (nSPS) is 11.0. The molecule has 0 nitrogen and oxygen atoms in total. The van der Waals surface area contributed by atoms with Crippen molar-refractivity contribution in [1.29, 1.82) is 0 Å². The second kappa shape index (κ2) is 6.13. The van der Waals surface area contributed by atoms with Crippen LogP contribution in [0.5, 0.6) is 0 Å². The Kier molecular flexibility index (Phi) is 4.24. The van der Waals surface area contributed by atoms with Crippen LogP contribution in [0.3, 0.4) is 0 Å². The number of rotatable bonds is 3. The molecule has 1 heterocycles. The van der Waals surface area contributed by atoms with Crippen molar-refractivity contribution in [2.45, 2.75) is 20.8 Å². The quantitative estimate of drug-likeness (QED) is 0.628. The smallest absolute Gasteiger partial charge is 0.00976 e. The molecule has 106 valence electrons. The molecule has 0 saturated carbocycles. The summed E-state index contributed by atoms with van der Waals surface area (Å²) >= 11 is 1.85. The van der Waals surface area contributed by atoms with Gasteiger partial charge in [-0.15, -0.1) is 11.3 Å². The van der Waals surface area contributed by atoms with Crippen molar-refractivity contribution >= 4 is 35.2 Å². The third-order valence-corrected chi connectivity index (χ3v) is 7.14. The molecule has 21 heavy (non-hydrogen) atoms. The van der Waals surface area contributed by atoms with Gasteiger partial charge in [0.05, 0.1) is 0 Å². The van der Waals surface area contributed by atoms with E-state index < -0.39 is 7.92 Å². The molecule has 2 aromatic carbocycles. The van der Waals surface area contributed by atoms with E-state index in [1.165, 1.54) is 31.9 Å². The second-order valence-electron chi connectivity index (χ2n) is 5.38. The first-order chi connectivity index (χ1) is 10.1. The summed E-state index contributed by atoms with van der Waals surface area (Å²) in [4.78, 5) is 1.43. The van der Waals surface area contributed by atoms with Crippen LogP contribution in [-0.4, -0.2) is 0 Å². The zero-order valence-corrected chi connectivity index (χ0v) is 14.3. The van der Waals surface area contributed by atoms with Gasteiger partial charge in [-0.05, 0) is 56.1 Å². The number of hydrogen-bond acceptors (Lipinski definition) is 1. The van der Waals surface area contributed by atoms with E-state index in [1.807, 2.05) is 11.3 Å². The maximum absolute atomic E-state index is 2.34. The standard InChI is InChI=1S/C19H19PS/c1-14-6-4-8-17(12-14)20(19-10-11-21-16(19)3)18-9-5-7-15(2)13-18/h4-13H,1-3H3. The lowest BCUT2D eigenvalue weighted by molar-refractivity contribution is 1.49. The van der Waals surface area contributed by atoms with Gasteiger partial charge in [0, 0.05) is 4.88 Å². The summed E-state index contributed by atoms with van der Waals surface area (Å²) in [5.41, 5.74) is 2.67.